The van der Waals surface area contributed by atoms with Gasteiger partial charge in [0.15, 0.2) is 12.0 Å². The molecular formula is C28H47N13O11. The molecule has 0 unspecified atom stereocenters. The Balaban J connectivity index is 3.31. The van der Waals surface area contributed by atoms with Gasteiger partial charge in [0.05, 0.1) is 32.0 Å². The number of aromatic amines is 1. The number of aliphatic carboxylic acids is 1. The fourth-order valence-electron chi connectivity index (χ4n) is 4.32. The number of amides is 7. The highest BCUT2D eigenvalue weighted by Gasteiger charge is 2.34. The number of rotatable bonds is 23. The van der Waals surface area contributed by atoms with E-state index in [0.29, 0.717) is 5.69 Å². The van der Waals surface area contributed by atoms with Gasteiger partial charge in [-0.3, -0.25) is 38.6 Å². The van der Waals surface area contributed by atoms with Crippen molar-refractivity contribution in [1.82, 2.24) is 41.9 Å². The van der Waals surface area contributed by atoms with Crippen molar-refractivity contribution in [2.45, 2.75) is 81.9 Å². The second-order valence-corrected chi connectivity index (χ2v) is 11.4. The average molecular weight is 742 g/mol. The first-order valence-electron chi connectivity index (χ1n) is 15.7. The maximum absolute atomic E-state index is 13.6. The van der Waals surface area contributed by atoms with Crippen molar-refractivity contribution in [1.29, 1.82) is 0 Å². The number of hydrogen-bond acceptors (Lipinski definition) is 13. The zero-order chi connectivity index (χ0) is 39.5. The number of carboxylic acids is 1. The maximum atomic E-state index is 13.6. The summed E-state index contributed by atoms with van der Waals surface area (Å²) in [6.45, 7) is 0.986. The van der Waals surface area contributed by atoms with Gasteiger partial charge in [-0.25, -0.2) is 9.78 Å². The van der Waals surface area contributed by atoms with Crippen LogP contribution in [-0.4, -0.2) is 141 Å². The minimum absolute atomic E-state index is 0.0157. The van der Waals surface area contributed by atoms with E-state index in [4.69, 9.17) is 22.9 Å². The minimum Gasteiger partial charge on any atom is -0.480 e. The second-order valence-electron chi connectivity index (χ2n) is 11.4. The van der Waals surface area contributed by atoms with E-state index >= 15 is 0 Å². The molecule has 0 aliphatic heterocycles. The SMILES string of the molecule is C[C@H](NC(=O)CN)C(=O)N[C@@H](CO)C(=O)N[C@@H](CC(N)=O)C(=O)N[C@@H](CCCN=C(N)N)C(=O)N[C@@H](Cc1cnc[nH]1)C(=O)N[C@H](C(=O)O)[C@@H](C)O. The molecule has 24 heteroatoms. The van der Waals surface area contributed by atoms with Gasteiger partial charge in [0.25, 0.3) is 0 Å². The van der Waals surface area contributed by atoms with Gasteiger partial charge in [-0.05, 0) is 26.7 Å². The van der Waals surface area contributed by atoms with Crippen LogP contribution in [0, 0.1) is 0 Å². The molecule has 0 radical (unpaired) electrons. The van der Waals surface area contributed by atoms with Crippen molar-refractivity contribution in [3.63, 3.8) is 0 Å². The summed E-state index contributed by atoms with van der Waals surface area (Å²) in [7, 11) is 0. The van der Waals surface area contributed by atoms with E-state index in [2.05, 4.69) is 46.9 Å². The third-order valence-electron chi connectivity index (χ3n) is 7.05. The van der Waals surface area contributed by atoms with Crippen LogP contribution in [0.5, 0.6) is 0 Å². The largest absolute Gasteiger partial charge is 0.480 e. The highest BCUT2D eigenvalue weighted by atomic mass is 16.4. The molecule has 0 fully saturated rings. The molecule has 7 atom stereocenters. The van der Waals surface area contributed by atoms with E-state index < -0.39 is 109 Å². The number of imidazole rings is 1. The molecule has 0 spiro atoms. The van der Waals surface area contributed by atoms with Crippen LogP contribution in [0.3, 0.4) is 0 Å². The summed E-state index contributed by atoms with van der Waals surface area (Å²) in [6, 6.07) is -9.35. The van der Waals surface area contributed by atoms with E-state index in [9.17, 15) is 53.7 Å². The van der Waals surface area contributed by atoms with E-state index in [1.165, 1.54) is 19.4 Å². The van der Waals surface area contributed by atoms with Crippen molar-refractivity contribution in [3.8, 4) is 0 Å². The molecule has 0 saturated heterocycles. The van der Waals surface area contributed by atoms with Crippen LogP contribution in [0.2, 0.25) is 0 Å². The van der Waals surface area contributed by atoms with Gasteiger partial charge in [0.1, 0.15) is 30.2 Å². The molecule has 0 aliphatic carbocycles. The molecule has 1 aromatic heterocycles. The molecule has 0 aliphatic rings. The number of nitrogens with two attached hydrogens (primary N) is 4. The van der Waals surface area contributed by atoms with E-state index in [-0.39, 0.29) is 31.8 Å². The third kappa shape index (κ3) is 15.8. The van der Waals surface area contributed by atoms with Crippen LogP contribution < -0.4 is 54.8 Å². The zero-order valence-electron chi connectivity index (χ0n) is 28.5. The number of carbonyl (C=O) groups excluding carboxylic acids is 7. The Morgan fingerprint density at radius 3 is 1.90 bits per heavy atom. The number of aromatic nitrogens is 2. The van der Waals surface area contributed by atoms with Gasteiger partial charge in [-0.2, -0.15) is 0 Å². The van der Waals surface area contributed by atoms with Crippen LogP contribution >= 0.6 is 0 Å². The van der Waals surface area contributed by atoms with Gasteiger partial charge in [-0.15, -0.1) is 0 Å². The van der Waals surface area contributed by atoms with Crippen LogP contribution in [-0.2, 0) is 44.8 Å². The van der Waals surface area contributed by atoms with E-state index in [1.54, 1.807) is 0 Å². The third-order valence-corrected chi connectivity index (χ3v) is 7.05. The Hall–Kier alpha value is -5.88. The molecule has 1 rings (SSSR count). The fraction of sp³-hybridized carbons (Fsp3) is 0.571. The summed E-state index contributed by atoms with van der Waals surface area (Å²) in [5, 5.41) is 42.6. The topological polar surface area (TPSA) is 415 Å². The van der Waals surface area contributed by atoms with Crippen molar-refractivity contribution in [3.05, 3.63) is 18.2 Å². The smallest absolute Gasteiger partial charge is 0.328 e. The molecule has 0 saturated carbocycles. The first-order valence-corrected chi connectivity index (χ1v) is 15.7. The molecule has 18 N–H and O–H groups in total. The normalized spacial score (nSPS) is 14.8. The lowest BCUT2D eigenvalue weighted by Crippen LogP contribution is -2.61. The van der Waals surface area contributed by atoms with Crippen molar-refractivity contribution < 1.29 is 53.7 Å². The van der Waals surface area contributed by atoms with Crippen LogP contribution in [0.25, 0.3) is 0 Å². The first-order chi connectivity index (χ1) is 24.4. The van der Waals surface area contributed by atoms with E-state index in [1.807, 2.05) is 0 Å². The average Bonchev–Trinajstić information content (AvgIpc) is 3.58. The quantitative estimate of drug-likeness (QED) is 0.0281. The molecule has 0 bridgehead atoms. The number of guanidine groups is 1. The lowest BCUT2D eigenvalue weighted by atomic mass is 10.1. The Morgan fingerprint density at radius 2 is 1.38 bits per heavy atom. The van der Waals surface area contributed by atoms with Gasteiger partial charge >= 0.3 is 5.97 Å². The van der Waals surface area contributed by atoms with Crippen LogP contribution in [0.1, 0.15) is 38.8 Å². The predicted octanol–water partition coefficient (Wildman–Crippen LogP) is -7.77. The number of aliphatic hydroxyl groups excluding tert-OH is 2. The molecule has 0 aromatic carbocycles. The van der Waals surface area contributed by atoms with Crippen molar-refractivity contribution in [2.24, 2.45) is 27.9 Å². The van der Waals surface area contributed by atoms with Gasteiger partial charge in [-0.1, -0.05) is 0 Å². The lowest BCUT2D eigenvalue weighted by molar-refractivity contribution is -0.145. The number of aliphatic imine (C=N–C) groups is 1. The fourth-order valence-corrected chi connectivity index (χ4v) is 4.32. The number of hydrogen-bond donors (Lipinski definition) is 14. The highest BCUT2D eigenvalue weighted by molar-refractivity contribution is 5.98. The zero-order valence-corrected chi connectivity index (χ0v) is 28.5. The van der Waals surface area contributed by atoms with Crippen LogP contribution in [0.4, 0.5) is 0 Å². The number of nitrogens with one attached hydrogen (secondary N) is 7. The standard InChI is InChI=1S/C28H47N13O11/c1-12(36-20(45)8-29)22(46)40-18(10-42)26(50)39-17(7-19(30)44)24(48)37-15(4-3-5-34-28(31)32)23(47)38-16(6-14-9-33-11-35-14)25(49)41-21(13(2)43)27(51)52/h9,11-13,15-18,21,42-43H,3-8,10,29H2,1-2H3,(H2,30,44)(H,33,35)(H,36,45)(H,37,48)(H,38,47)(H,39,50)(H,40,46)(H,41,49)(H,51,52)(H4,31,32,34)/t12-,13+,15-,16-,17-,18-,21-/m0/s1. The molecule has 1 aromatic rings. The Bertz CT molecular complexity index is 1430. The summed E-state index contributed by atoms with van der Waals surface area (Å²) < 4.78 is 0. The minimum atomic E-state index is -1.76. The molecule has 52 heavy (non-hydrogen) atoms. The second kappa shape index (κ2) is 22.0. The molecule has 7 amide bonds. The number of carbonyl (C=O) groups is 8. The summed E-state index contributed by atoms with van der Waals surface area (Å²) >= 11 is 0. The molecule has 1 heterocycles. The number of H-pyrrole nitrogens is 1. The number of nitrogens with zero attached hydrogens (tertiary/aromatic N) is 2. The molecule has 24 nitrogen and oxygen atoms in total. The first kappa shape index (κ1) is 44.1. The maximum Gasteiger partial charge on any atom is 0.328 e. The Kier molecular flexibility index (Phi) is 18.7. The van der Waals surface area contributed by atoms with Crippen molar-refractivity contribution >= 4 is 53.3 Å². The lowest BCUT2D eigenvalue weighted by Gasteiger charge is -2.27. The van der Waals surface area contributed by atoms with Gasteiger partial charge < -0.3 is 75.1 Å². The summed E-state index contributed by atoms with van der Waals surface area (Å²) in [6.07, 6.45) is -0.0748. The number of carboxylic acid groups (broad SMARTS) is 1. The van der Waals surface area contributed by atoms with Crippen LogP contribution in [0.15, 0.2) is 17.5 Å². The monoisotopic (exact) mass is 741 g/mol. The number of aliphatic hydroxyl groups is 2. The number of primary amides is 1. The molecule has 290 valence electrons. The Labute approximate surface area is 296 Å². The van der Waals surface area contributed by atoms with E-state index in [0.717, 1.165) is 6.92 Å². The summed E-state index contributed by atoms with van der Waals surface area (Å²) in [5.41, 5.74) is 21.5. The highest BCUT2D eigenvalue weighted by Crippen LogP contribution is 2.06. The Morgan fingerprint density at radius 1 is 0.827 bits per heavy atom. The summed E-state index contributed by atoms with van der Waals surface area (Å²) in [4.78, 5) is 111. The van der Waals surface area contributed by atoms with Gasteiger partial charge in [0, 0.05) is 24.9 Å². The predicted molar refractivity (Wildman–Crippen MR) is 179 cm³/mol. The summed E-state index contributed by atoms with van der Waals surface area (Å²) in [5.74, 6) is -8.76. The van der Waals surface area contributed by atoms with Crippen molar-refractivity contribution in [2.75, 3.05) is 19.7 Å². The van der Waals surface area contributed by atoms with Gasteiger partial charge in [0.2, 0.25) is 41.4 Å². The molecular weight excluding hydrogens is 694 g/mol.